The number of aromatic nitrogens is 4. The minimum Gasteiger partial charge on any atom is -0.468 e. The van der Waals surface area contributed by atoms with Crippen LogP contribution in [0.2, 0.25) is 0 Å². The molecule has 0 unspecified atom stereocenters. The molecule has 0 saturated carbocycles. The van der Waals surface area contributed by atoms with Gasteiger partial charge in [-0.15, -0.1) is 10.2 Å². The van der Waals surface area contributed by atoms with Crippen LogP contribution in [0.3, 0.4) is 0 Å². The normalized spacial score (nSPS) is 12.0. The summed E-state index contributed by atoms with van der Waals surface area (Å²) < 4.78 is 40.1. The molecule has 156 valence electrons. The molecule has 0 aliphatic carbocycles. The van der Waals surface area contributed by atoms with Gasteiger partial charge in [0.05, 0.1) is 24.2 Å². The Labute approximate surface area is 174 Å². The van der Waals surface area contributed by atoms with Crippen LogP contribution in [0.1, 0.15) is 23.0 Å². The average Bonchev–Trinajstić information content (AvgIpc) is 3.45. The van der Waals surface area contributed by atoms with Crippen LogP contribution in [0, 0.1) is 13.8 Å². The Morgan fingerprint density at radius 2 is 1.83 bits per heavy atom. The molecule has 4 aromatic rings. The molecule has 0 amide bonds. The molecule has 0 fully saturated rings. The van der Waals surface area contributed by atoms with Crippen LogP contribution >= 0.6 is 0 Å². The summed E-state index contributed by atoms with van der Waals surface area (Å²) in [4.78, 5) is 0.166. The Bertz CT molecular complexity index is 1240. The maximum Gasteiger partial charge on any atom is 0.247 e. The lowest BCUT2D eigenvalue weighted by atomic mass is 10.2. The van der Waals surface area contributed by atoms with Crippen molar-refractivity contribution in [2.24, 2.45) is 0 Å². The maximum atomic E-state index is 13.1. The first-order chi connectivity index (χ1) is 14.4. The molecule has 30 heavy (non-hydrogen) atoms. The van der Waals surface area contributed by atoms with E-state index in [-0.39, 0.29) is 18.0 Å². The summed E-state index contributed by atoms with van der Waals surface area (Å²) in [6, 6.07) is 12.9. The molecule has 0 aliphatic rings. The second-order valence-corrected chi connectivity index (χ2v) is 8.85. The largest absolute Gasteiger partial charge is 0.468 e. The second kappa shape index (κ2) is 7.88. The summed E-state index contributed by atoms with van der Waals surface area (Å²) in [5, 5.41) is 12.5. The third-order valence-electron chi connectivity index (χ3n) is 4.71. The van der Waals surface area contributed by atoms with Crippen LogP contribution in [0.5, 0.6) is 0 Å². The highest BCUT2D eigenvalue weighted by molar-refractivity contribution is 7.89. The zero-order chi connectivity index (χ0) is 21.3. The summed E-state index contributed by atoms with van der Waals surface area (Å²) in [7, 11) is -2.25. The van der Waals surface area contributed by atoms with Crippen molar-refractivity contribution in [3.63, 3.8) is 0 Å². The highest BCUT2D eigenvalue weighted by Gasteiger charge is 2.29. The van der Waals surface area contributed by atoms with Gasteiger partial charge in [0.15, 0.2) is 0 Å². The Morgan fingerprint density at radius 3 is 2.53 bits per heavy atom. The van der Waals surface area contributed by atoms with Crippen molar-refractivity contribution in [3.05, 3.63) is 71.8 Å². The molecule has 0 bridgehead atoms. The van der Waals surface area contributed by atoms with Crippen molar-refractivity contribution >= 4 is 10.0 Å². The van der Waals surface area contributed by atoms with Gasteiger partial charge < -0.3 is 8.83 Å². The van der Waals surface area contributed by atoms with Gasteiger partial charge in [-0.1, -0.05) is 18.2 Å². The molecule has 0 N–H and O–H groups in total. The van der Waals surface area contributed by atoms with E-state index >= 15 is 0 Å². The van der Waals surface area contributed by atoms with Gasteiger partial charge >= 0.3 is 0 Å². The SMILES string of the molecule is Cc1nn(Cc2nnc(-c3ccccc3)o2)c(C)c1S(=O)(=O)N(C)Cc1ccco1. The minimum absolute atomic E-state index is 0.128. The number of aryl methyl sites for hydroxylation is 1. The second-order valence-electron chi connectivity index (χ2n) is 6.87. The third kappa shape index (κ3) is 3.79. The van der Waals surface area contributed by atoms with Crippen molar-refractivity contribution in [2.75, 3.05) is 7.05 Å². The van der Waals surface area contributed by atoms with E-state index in [4.69, 9.17) is 8.83 Å². The van der Waals surface area contributed by atoms with Crippen LogP contribution < -0.4 is 0 Å². The summed E-state index contributed by atoms with van der Waals surface area (Å²) in [5.41, 5.74) is 1.72. The standard InChI is InChI=1S/C20H21N5O4S/c1-14-19(30(26,27)24(3)12-17-10-7-11-28-17)15(2)25(23-14)13-18-21-22-20(29-18)16-8-5-4-6-9-16/h4-11H,12-13H2,1-3H3. The molecule has 0 radical (unpaired) electrons. The molecule has 0 aliphatic heterocycles. The van der Waals surface area contributed by atoms with Gasteiger partial charge in [0.2, 0.25) is 21.8 Å². The van der Waals surface area contributed by atoms with E-state index in [0.717, 1.165) is 5.56 Å². The van der Waals surface area contributed by atoms with Crippen LogP contribution in [0.15, 0.2) is 62.5 Å². The zero-order valence-electron chi connectivity index (χ0n) is 16.8. The molecule has 0 atom stereocenters. The van der Waals surface area contributed by atoms with Crippen LogP contribution in [0.25, 0.3) is 11.5 Å². The van der Waals surface area contributed by atoms with Gasteiger partial charge in [-0.25, -0.2) is 8.42 Å². The Balaban J connectivity index is 1.59. The number of rotatable bonds is 7. The number of nitrogens with zero attached hydrogens (tertiary/aromatic N) is 5. The molecule has 0 spiro atoms. The number of hydrogen-bond donors (Lipinski definition) is 0. The quantitative estimate of drug-likeness (QED) is 0.446. The number of sulfonamides is 1. The zero-order valence-corrected chi connectivity index (χ0v) is 17.6. The average molecular weight is 427 g/mol. The smallest absolute Gasteiger partial charge is 0.247 e. The molecular formula is C20H21N5O4S. The van der Waals surface area contributed by atoms with Crippen molar-refractivity contribution in [2.45, 2.75) is 31.8 Å². The molecular weight excluding hydrogens is 406 g/mol. The van der Waals surface area contributed by atoms with Crippen molar-refractivity contribution in [1.29, 1.82) is 0 Å². The van der Waals surface area contributed by atoms with Gasteiger partial charge in [0.25, 0.3) is 0 Å². The van der Waals surface area contributed by atoms with E-state index in [1.807, 2.05) is 30.3 Å². The molecule has 9 nitrogen and oxygen atoms in total. The first kappa shape index (κ1) is 20.0. The van der Waals surface area contributed by atoms with Crippen molar-refractivity contribution in [3.8, 4) is 11.5 Å². The Kier molecular flexibility index (Phi) is 5.27. The van der Waals surface area contributed by atoms with E-state index in [1.54, 1.807) is 30.7 Å². The Hall–Kier alpha value is -3.24. The van der Waals surface area contributed by atoms with Crippen LogP contribution in [-0.2, 0) is 23.1 Å². The molecule has 0 saturated heterocycles. The highest BCUT2D eigenvalue weighted by atomic mass is 32.2. The summed E-state index contributed by atoms with van der Waals surface area (Å²) in [6.45, 7) is 3.68. The fourth-order valence-electron chi connectivity index (χ4n) is 3.21. The summed E-state index contributed by atoms with van der Waals surface area (Å²) in [6.07, 6.45) is 1.51. The highest BCUT2D eigenvalue weighted by Crippen LogP contribution is 2.25. The van der Waals surface area contributed by atoms with Gasteiger partial charge in [0.1, 0.15) is 17.2 Å². The van der Waals surface area contributed by atoms with E-state index in [0.29, 0.717) is 28.9 Å². The van der Waals surface area contributed by atoms with Crippen molar-refractivity contribution in [1.82, 2.24) is 24.3 Å². The lowest BCUT2D eigenvalue weighted by Gasteiger charge is -2.16. The maximum absolute atomic E-state index is 13.1. The van der Waals surface area contributed by atoms with Gasteiger partial charge in [0, 0.05) is 12.6 Å². The molecule has 1 aromatic carbocycles. The summed E-state index contributed by atoms with van der Waals surface area (Å²) in [5.74, 6) is 1.30. The lowest BCUT2D eigenvalue weighted by Crippen LogP contribution is -2.27. The fourth-order valence-corrected chi connectivity index (χ4v) is 4.72. The topological polar surface area (TPSA) is 107 Å². The number of furan rings is 1. The minimum atomic E-state index is -3.76. The molecule has 4 rings (SSSR count). The first-order valence-electron chi connectivity index (χ1n) is 9.27. The van der Waals surface area contributed by atoms with Gasteiger partial charge in [-0.05, 0) is 38.1 Å². The van der Waals surface area contributed by atoms with Crippen molar-refractivity contribution < 1.29 is 17.3 Å². The van der Waals surface area contributed by atoms with Gasteiger partial charge in [-0.2, -0.15) is 9.40 Å². The predicted molar refractivity (Wildman–Crippen MR) is 108 cm³/mol. The molecule has 3 heterocycles. The van der Waals surface area contributed by atoms with E-state index in [2.05, 4.69) is 15.3 Å². The van der Waals surface area contributed by atoms with E-state index < -0.39 is 10.0 Å². The monoisotopic (exact) mass is 427 g/mol. The van der Waals surface area contributed by atoms with E-state index in [9.17, 15) is 8.42 Å². The fraction of sp³-hybridized carbons (Fsp3) is 0.250. The first-order valence-corrected chi connectivity index (χ1v) is 10.7. The molecule has 3 aromatic heterocycles. The Morgan fingerprint density at radius 1 is 1.07 bits per heavy atom. The number of benzene rings is 1. The number of hydrogen-bond acceptors (Lipinski definition) is 7. The third-order valence-corrected chi connectivity index (χ3v) is 6.77. The van der Waals surface area contributed by atoms with E-state index in [1.165, 1.54) is 17.6 Å². The summed E-state index contributed by atoms with van der Waals surface area (Å²) >= 11 is 0. The molecule has 10 heteroatoms. The lowest BCUT2D eigenvalue weighted by molar-refractivity contribution is 0.405. The predicted octanol–water partition coefficient (Wildman–Crippen LogP) is 3.01. The van der Waals surface area contributed by atoms with Crippen LogP contribution in [-0.4, -0.2) is 39.7 Å². The van der Waals surface area contributed by atoms with Crippen LogP contribution in [0.4, 0.5) is 0 Å². The van der Waals surface area contributed by atoms with Gasteiger partial charge in [-0.3, -0.25) is 4.68 Å².